The topological polar surface area (TPSA) is 52.7 Å². The van der Waals surface area contributed by atoms with Gasteiger partial charge in [0.25, 0.3) is 0 Å². The summed E-state index contributed by atoms with van der Waals surface area (Å²) in [6, 6.07) is 16.7. The van der Waals surface area contributed by atoms with Crippen LogP contribution in [0.3, 0.4) is 0 Å². The third-order valence-electron chi connectivity index (χ3n) is 4.08. The zero-order chi connectivity index (χ0) is 18.2. The first-order valence-electron chi connectivity index (χ1n) is 8.63. The number of anilines is 3. The minimum Gasteiger partial charge on any atom is -0.372 e. The second-order valence-electron chi connectivity index (χ2n) is 5.56. The Balaban J connectivity index is 2.06. The summed E-state index contributed by atoms with van der Waals surface area (Å²) < 4.78 is 0. The van der Waals surface area contributed by atoms with Crippen molar-refractivity contribution in [3.63, 3.8) is 0 Å². The molecular weight excluding hydrogens is 314 g/mol. The fourth-order valence-corrected chi connectivity index (χ4v) is 2.70. The van der Waals surface area contributed by atoms with E-state index in [4.69, 9.17) is 0 Å². The molecule has 0 aliphatic carbocycles. The number of hydrogen-bond donors (Lipinski definition) is 1. The highest BCUT2D eigenvalue weighted by Gasteiger charge is 2.22. The highest BCUT2D eigenvalue weighted by atomic mass is 16.2. The Bertz CT molecular complexity index is 695. The standard InChI is InChI=1S/C20H25N3O2/c1-4-22(5-2)17-14-12-16(13-15-17)21-19(24)20(25)23(6-3)18-10-8-7-9-11-18/h7-15H,4-6H2,1-3H3,(H,21,24). The minimum absolute atomic E-state index is 0.428. The number of benzene rings is 2. The van der Waals surface area contributed by atoms with Crippen molar-refractivity contribution in [2.45, 2.75) is 20.8 Å². The van der Waals surface area contributed by atoms with Gasteiger partial charge in [0, 0.05) is 36.7 Å². The highest BCUT2D eigenvalue weighted by molar-refractivity contribution is 6.44. The second kappa shape index (κ2) is 8.87. The lowest BCUT2D eigenvalue weighted by Crippen LogP contribution is -2.39. The Morgan fingerprint density at radius 1 is 0.800 bits per heavy atom. The highest BCUT2D eigenvalue weighted by Crippen LogP contribution is 2.18. The molecule has 0 fully saturated rings. The van der Waals surface area contributed by atoms with Gasteiger partial charge in [0.05, 0.1) is 0 Å². The lowest BCUT2D eigenvalue weighted by molar-refractivity contribution is -0.134. The molecule has 5 nitrogen and oxygen atoms in total. The molecule has 0 spiro atoms. The molecule has 0 radical (unpaired) electrons. The van der Waals surface area contributed by atoms with Gasteiger partial charge >= 0.3 is 11.8 Å². The molecule has 132 valence electrons. The van der Waals surface area contributed by atoms with Crippen molar-refractivity contribution in [3.8, 4) is 0 Å². The zero-order valence-corrected chi connectivity index (χ0v) is 15.0. The van der Waals surface area contributed by atoms with E-state index in [2.05, 4.69) is 24.1 Å². The molecule has 0 heterocycles. The first-order chi connectivity index (χ1) is 12.1. The number of nitrogens with zero attached hydrogens (tertiary/aromatic N) is 2. The molecule has 0 saturated carbocycles. The van der Waals surface area contributed by atoms with Crippen LogP contribution in [0.1, 0.15) is 20.8 Å². The number of likely N-dealkylation sites (N-methyl/N-ethyl adjacent to an activating group) is 1. The summed E-state index contributed by atoms with van der Waals surface area (Å²) in [6.07, 6.45) is 0. The lowest BCUT2D eigenvalue weighted by atomic mass is 10.2. The quantitative estimate of drug-likeness (QED) is 0.819. The molecule has 25 heavy (non-hydrogen) atoms. The van der Waals surface area contributed by atoms with Crippen molar-refractivity contribution >= 4 is 28.9 Å². The summed E-state index contributed by atoms with van der Waals surface area (Å²) in [5.74, 6) is -1.21. The Morgan fingerprint density at radius 3 is 1.92 bits per heavy atom. The van der Waals surface area contributed by atoms with Crippen LogP contribution < -0.4 is 15.1 Å². The predicted molar refractivity (Wildman–Crippen MR) is 103 cm³/mol. The smallest absolute Gasteiger partial charge is 0.316 e. The van der Waals surface area contributed by atoms with Crippen molar-refractivity contribution in [1.82, 2.24) is 0 Å². The Hall–Kier alpha value is -2.82. The van der Waals surface area contributed by atoms with E-state index < -0.39 is 11.8 Å². The van der Waals surface area contributed by atoms with Crippen molar-refractivity contribution in [2.75, 3.05) is 34.8 Å². The van der Waals surface area contributed by atoms with E-state index in [0.717, 1.165) is 18.8 Å². The molecule has 2 amide bonds. The molecule has 0 saturated heterocycles. The molecule has 0 aliphatic heterocycles. The SMILES string of the molecule is CCN(CC)c1ccc(NC(=O)C(=O)N(CC)c2ccccc2)cc1. The summed E-state index contributed by atoms with van der Waals surface area (Å²) in [4.78, 5) is 28.4. The van der Waals surface area contributed by atoms with Gasteiger partial charge in [-0.25, -0.2) is 0 Å². The number of rotatable bonds is 6. The maximum atomic E-state index is 12.5. The van der Waals surface area contributed by atoms with Crippen LogP contribution in [-0.2, 0) is 9.59 Å². The normalized spacial score (nSPS) is 10.2. The maximum absolute atomic E-state index is 12.5. The molecule has 2 aromatic carbocycles. The van der Waals surface area contributed by atoms with Crippen molar-refractivity contribution in [3.05, 3.63) is 54.6 Å². The number of carbonyl (C=O) groups is 2. The summed E-state index contributed by atoms with van der Waals surface area (Å²) >= 11 is 0. The van der Waals surface area contributed by atoms with Gasteiger partial charge in [0.1, 0.15) is 0 Å². The van der Waals surface area contributed by atoms with Crippen molar-refractivity contribution in [2.24, 2.45) is 0 Å². The molecule has 0 aliphatic rings. The largest absolute Gasteiger partial charge is 0.372 e. The fourth-order valence-electron chi connectivity index (χ4n) is 2.70. The third kappa shape index (κ3) is 4.59. The van der Waals surface area contributed by atoms with Crippen LogP contribution in [0.5, 0.6) is 0 Å². The van der Waals surface area contributed by atoms with Crippen molar-refractivity contribution < 1.29 is 9.59 Å². The van der Waals surface area contributed by atoms with Crippen LogP contribution >= 0.6 is 0 Å². The number of nitrogens with one attached hydrogen (secondary N) is 1. The summed E-state index contributed by atoms with van der Waals surface area (Å²) in [5.41, 5.74) is 2.41. The van der Waals surface area contributed by atoms with E-state index in [1.807, 2.05) is 61.5 Å². The van der Waals surface area contributed by atoms with E-state index in [9.17, 15) is 9.59 Å². The van der Waals surface area contributed by atoms with Gasteiger partial charge in [0.15, 0.2) is 0 Å². The van der Waals surface area contributed by atoms with Gasteiger partial charge in [-0.1, -0.05) is 18.2 Å². The van der Waals surface area contributed by atoms with Crippen LogP contribution in [0.2, 0.25) is 0 Å². The molecule has 0 unspecified atom stereocenters. The van der Waals surface area contributed by atoms with Gasteiger partial charge in [-0.15, -0.1) is 0 Å². The number of amides is 2. The van der Waals surface area contributed by atoms with E-state index in [-0.39, 0.29) is 0 Å². The molecule has 5 heteroatoms. The summed E-state index contributed by atoms with van der Waals surface area (Å²) in [5, 5.41) is 2.68. The molecule has 0 aromatic heterocycles. The molecule has 0 bridgehead atoms. The Kier molecular flexibility index (Phi) is 6.57. The molecule has 0 atom stereocenters. The van der Waals surface area contributed by atoms with Gasteiger partial charge in [-0.05, 0) is 57.2 Å². The average molecular weight is 339 g/mol. The maximum Gasteiger partial charge on any atom is 0.316 e. The number of hydrogen-bond acceptors (Lipinski definition) is 3. The molecule has 2 aromatic rings. The molecule has 2 rings (SSSR count). The van der Waals surface area contributed by atoms with E-state index >= 15 is 0 Å². The van der Waals surface area contributed by atoms with Crippen LogP contribution in [-0.4, -0.2) is 31.4 Å². The number of para-hydroxylation sites is 1. The zero-order valence-electron chi connectivity index (χ0n) is 15.0. The fraction of sp³-hybridized carbons (Fsp3) is 0.300. The Labute approximate surface area is 149 Å². The van der Waals surface area contributed by atoms with Crippen LogP contribution in [0.4, 0.5) is 17.1 Å². The van der Waals surface area contributed by atoms with Gasteiger partial charge in [-0.2, -0.15) is 0 Å². The van der Waals surface area contributed by atoms with E-state index in [1.54, 1.807) is 0 Å². The second-order valence-corrected chi connectivity index (χ2v) is 5.56. The van der Waals surface area contributed by atoms with Gasteiger partial charge < -0.3 is 15.1 Å². The van der Waals surface area contributed by atoms with Crippen LogP contribution in [0, 0.1) is 0 Å². The number of carbonyl (C=O) groups excluding carboxylic acids is 2. The summed E-state index contributed by atoms with van der Waals surface area (Å²) in [6.45, 7) is 8.31. The predicted octanol–water partition coefficient (Wildman–Crippen LogP) is 3.52. The molecular formula is C20H25N3O2. The minimum atomic E-state index is -0.638. The lowest BCUT2D eigenvalue weighted by Gasteiger charge is -2.22. The monoisotopic (exact) mass is 339 g/mol. The van der Waals surface area contributed by atoms with Crippen LogP contribution in [0.25, 0.3) is 0 Å². The van der Waals surface area contributed by atoms with E-state index in [1.165, 1.54) is 4.90 Å². The van der Waals surface area contributed by atoms with Gasteiger partial charge in [0.2, 0.25) is 0 Å². The average Bonchev–Trinajstić information content (AvgIpc) is 2.65. The van der Waals surface area contributed by atoms with Crippen LogP contribution in [0.15, 0.2) is 54.6 Å². The van der Waals surface area contributed by atoms with Gasteiger partial charge in [-0.3, -0.25) is 9.59 Å². The third-order valence-corrected chi connectivity index (χ3v) is 4.08. The first-order valence-corrected chi connectivity index (χ1v) is 8.63. The Morgan fingerprint density at radius 2 is 1.40 bits per heavy atom. The first kappa shape index (κ1) is 18.5. The van der Waals surface area contributed by atoms with E-state index in [0.29, 0.717) is 17.9 Å². The molecule has 1 N–H and O–H groups in total. The summed E-state index contributed by atoms with van der Waals surface area (Å²) in [7, 11) is 0. The van der Waals surface area contributed by atoms with Crippen molar-refractivity contribution in [1.29, 1.82) is 0 Å².